The van der Waals surface area contributed by atoms with Gasteiger partial charge in [-0.2, -0.15) is 0 Å². The summed E-state index contributed by atoms with van der Waals surface area (Å²) in [5, 5.41) is 8.33. The molecule has 1 atom stereocenters. The minimum atomic E-state index is -1.04. The highest BCUT2D eigenvalue weighted by Gasteiger charge is 2.10. The van der Waals surface area contributed by atoms with E-state index in [1.165, 1.54) is 0 Å². The number of hydroxylamine groups is 1. The fourth-order valence-corrected chi connectivity index (χ4v) is 0.392. The standard InChI is InChI=1S/C6H14N2O3/c1-4(2)11-8-3-5(7)6(9)10/h4-5,8H,3,7H2,1-2H3,(H,9,10)/t5-/m0/s1. The van der Waals surface area contributed by atoms with Gasteiger partial charge in [0.15, 0.2) is 0 Å². The van der Waals surface area contributed by atoms with Crippen molar-refractivity contribution in [3.63, 3.8) is 0 Å². The quantitative estimate of drug-likeness (QED) is 0.467. The van der Waals surface area contributed by atoms with E-state index in [2.05, 4.69) is 5.48 Å². The lowest BCUT2D eigenvalue weighted by atomic mass is 10.3. The molecular weight excluding hydrogens is 148 g/mol. The molecule has 0 bridgehead atoms. The Morgan fingerprint density at radius 1 is 1.73 bits per heavy atom. The van der Waals surface area contributed by atoms with Crippen LogP contribution < -0.4 is 11.2 Å². The first-order valence-electron chi connectivity index (χ1n) is 3.41. The van der Waals surface area contributed by atoms with E-state index in [0.29, 0.717) is 0 Å². The zero-order valence-corrected chi connectivity index (χ0v) is 6.70. The van der Waals surface area contributed by atoms with Crippen molar-refractivity contribution in [2.45, 2.75) is 26.0 Å². The van der Waals surface area contributed by atoms with Gasteiger partial charge in [-0.05, 0) is 13.8 Å². The van der Waals surface area contributed by atoms with Crippen molar-refractivity contribution in [2.24, 2.45) is 5.73 Å². The number of nitrogens with two attached hydrogens (primary N) is 1. The van der Waals surface area contributed by atoms with Crippen LogP contribution in [0.1, 0.15) is 13.8 Å². The average Bonchev–Trinajstić information content (AvgIpc) is 1.86. The van der Waals surface area contributed by atoms with E-state index in [9.17, 15) is 4.79 Å². The van der Waals surface area contributed by atoms with Gasteiger partial charge in [0.05, 0.1) is 6.10 Å². The smallest absolute Gasteiger partial charge is 0.321 e. The van der Waals surface area contributed by atoms with E-state index in [0.717, 1.165) is 0 Å². The topological polar surface area (TPSA) is 84.6 Å². The van der Waals surface area contributed by atoms with Crippen LogP contribution in [0.3, 0.4) is 0 Å². The largest absolute Gasteiger partial charge is 0.480 e. The molecule has 0 saturated heterocycles. The number of carboxylic acid groups (broad SMARTS) is 1. The van der Waals surface area contributed by atoms with Crippen LogP contribution >= 0.6 is 0 Å². The van der Waals surface area contributed by atoms with Crippen LogP contribution in [0.25, 0.3) is 0 Å². The summed E-state index contributed by atoms with van der Waals surface area (Å²) < 4.78 is 0. The van der Waals surface area contributed by atoms with Gasteiger partial charge in [0.1, 0.15) is 6.04 Å². The predicted octanol–water partition coefficient (Wildman–Crippen LogP) is -0.672. The highest BCUT2D eigenvalue weighted by molar-refractivity contribution is 5.73. The Labute approximate surface area is 65.5 Å². The third-order valence-corrected chi connectivity index (χ3v) is 0.939. The maximum absolute atomic E-state index is 10.2. The third-order valence-electron chi connectivity index (χ3n) is 0.939. The molecule has 0 spiro atoms. The van der Waals surface area contributed by atoms with Crippen LogP contribution in [-0.2, 0) is 9.63 Å². The number of carboxylic acids is 1. The van der Waals surface area contributed by atoms with Gasteiger partial charge < -0.3 is 10.8 Å². The first-order chi connectivity index (χ1) is 5.04. The summed E-state index contributed by atoms with van der Waals surface area (Å²) in [5.41, 5.74) is 7.62. The summed E-state index contributed by atoms with van der Waals surface area (Å²) >= 11 is 0. The van der Waals surface area contributed by atoms with E-state index in [1.807, 2.05) is 13.8 Å². The monoisotopic (exact) mass is 162 g/mol. The van der Waals surface area contributed by atoms with Gasteiger partial charge in [-0.1, -0.05) is 0 Å². The van der Waals surface area contributed by atoms with Crippen molar-refractivity contribution in [1.82, 2.24) is 5.48 Å². The van der Waals surface area contributed by atoms with Crippen molar-refractivity contribution in [1.29, 1.82) is 0 Å². The maximum Gasteiger partial charge on any atom is 0.321 e. The van der Waals surface area contributed by atoms with Crippen LogP contribution in [0, 0.1) is 0 Å². The predicted molar refractivity (Wildman–Crippen MR) is 39.8 cm³/mol. The normalized spacial score (nSPS) is 13.5. The van der Waals surface area contributed by atoms with Gasteiger partial charge in [-0.15, -0.1) is 0 Å². The molecule has 0 unspecified atom stereocenters. The van der Waals surface area contributed by atoms with Crippen LogP contribution in [0.4, 0.5) is 0 Å². The summed E-state index contributed by atoms with van der Waals surface area (Å²) in [6, 6.07) is -0.909. The lowest BCUT2D eigenvalue weighted by Crippen LogP contribution is -2.40. The Bertz CT molecular complexity index is 127. The van der Waals surface area contributed by atoms with Crippen molar-refractivity contribution in [3.8, 4) is 0 Å². The SMILES string of the molecule is CC(C)ONC[C@H](N)C(=O)O. The Morgan fingerprint density at radius 2 is 2.27 bits per heavy atom. The fraction of sp³-hybridized carbons (Fsp3) is 0.833. The summed E-state index contributed by atoms with van der Waals surface area (Å²) in [6.45, 7) is 3.78. The molecule has 0 rings (SSSR count). The maximum atomic E-state index is 10.2. The van der Waals surface area contributed by atoms with Crippen molar-refractivity contribution >= 4 is 5.97 Å². The number of hydrogen-bond acceptors (Lipinski definition) is 4. The van der Waals surface area contributed by atoms with E-state index in [4.69, 9.17) is 15.7 Å². The van der Waals surface area contributed by atoms with Crippen molar-refractivity contribution in [3.05, 3.63) is 0 Å². The molecule has 4 N–H and O–H groups in total. The van der Waals surface area contributed by atoms with Crippen LogP contribution in [0.15, 0.2) is 0 Å². The highest BCUT2D eigenvalue weighted by Crippen LogP contribution is 1.82. The minimum absolute atomic E-state index is 0.0241. The molecule has 0 aliphatic carbocycles. The Morgan fingerprint density at radius 3 is 2.64 bits per heavy atom. The fourth-order valence-electron chi connectivity index (χ4n) is 0.392. The molecule has 0 aliphatic heterocycles. The molecule has 0 heterocycles. The second-order valence-corrected chi connectivity index (χ2v) is 2.46. The zero-order valence-electron chi connectivity index (χ0n) is 6.70. The van der Waals surface area contributed by atoms with Crippen LogP contribution in [0.2, 0.25) is 0 Å². The molecule has 0 fully saturated rings. The number of carbonyl (C=O) groups is 1. The molecule has 5 heteroatoms. The molecule has 0 amide bonds. The lowest BCUT2D eigenvalue weighted by Gasteiger charge is -2.10. The number of nitrogens with one attached hydrogen (secondary N) is 1. The summed E-state index contributed by atoms with van der Waals surface area (Å²) in [6.07, 6.45) is 0.0241. The summed E-state index contributed by atoms with van der Waals surface area (Å²) in [4.78, 5) is 15.0. The number of aliphatic carboxylic acids is 1. The van der Waals surface area contributed by atoms with Gasteiger partial charge in [0, 0.05) is 6.54 Å². The number of rotatable bonds is 5. The minimum Gasteiger partial charge on any atom is -0.480 e. The summed E-state index contributed by atoms with van der Waals surface area (Å²) in [5.74, 6) is -1.04. The Hall–Kier alpha value is -0.650. The second kappa shape index (κ2) is 5.06. The molecule has 66 valence electrons. The Balaban J connectivity index is 3.31. The van der Waals surface area contributed by atoms with Gasteiger partial charge in [-0.3, -0.25) is 9.63 Å². The van der Waals surface area contributed by atoms with E-state index in [1.54, 1.807) is 0 Å². The zero-order chi connectivity index (χ0) is 8.85. The lowest BCUT2D eigenvalue weighted by molar-refractivity contribution is -0.139. The molecule has 0 aromatic carbocycles. The molecular formula is C6H14N2O3. The Kier molecular flexibility index (Phi) is 4.76. The third kappa shape index (κ3) is 5.78. The average molecular weight is 162 g/mol. The molecule has 0 aromatic heterocycles. The van der Waals surface area contributed by atoms with E-state index >= 15 is 0 Å². The molecule has 11 heavy (non-hydrogen) atoms. The molecule has 0 aliphatic rings. The van der Waals surface area contributed by atoms with Gasteiger partial charge in [-0.25, -0.2) is 5.48 Å². The first-order valence-corrected chi connectivity index (χ1v) is 3.41. The second-order valence-electron chi connectivity index (χ2n) is 2.46. The molecule has 0 radical (unpaired) electrons. The molecule has 0 aromatic rings. The van der Waals surface area contributed by atoms with Crippen molar-refractivity contribution < 1.29 is 14.7 Å². The van der Waals surface area contributed by atoms with Gasteiger partial charge >= 0.3 is 5.97 Å². The van der Waals surface area contributed by atoms with Gasteiger partial charge in [0.25, 0.3) is 0 Å². The number of hydrogen-bond donors (Lipinski definition) is 3. The molecule has 0 saturated carbocycles. The van der Waals surface area contributed by atoms with Crippen LogP contribution in [0.5, 0.6) is 0 Å². The van der Waals surface area contributed by atoms with E-state index < -0.39 is 12.0 Å². The van der Waals surface area contributed by atoms with Gasteiger partial charge in [0.2, 0.25) is 0 Å². The summed E-state index contributed by atoms with van der Waals surface area (Å²) in [7, 11) is 0. The first kappa shape index (κ1) is 10.3. The van der Waals surface area contributed by atoms with Crippen molar-refractivity contribution in [2.75, 3.05) is 6.54 Å². The van der Waals surface area contributed by atoms with E-state index in [-0.39, 0.29) is 12.6 Å². The van der Waals surface area contributed by atoms with Crippen LogP contribution in [-0.4, -0.2) is 29.8 Å². The molecule has 5 nitrogen and oxygen atoms in total. The highest BCUT2D eigenvalue weighted by atomic mass is 16.7.